The van der Waals surface area contributed by atoms with E-state index in [0.717, 1.165) is 38.5 Å². The summed E-state index contributed by atoms with van der Waals surface area (Å²) in [6.45, 7) is 4.99. The topological polar surface area (TPSA) is 95.9 Å². The van der Waals surface area contributed by atoms with E-state index in [4.69, 9.17) is 4.74 Å². The molecule has 0 bridgehead atoms. The van der Waals surface area contributed by atoms with Crippen molar-refractivity contribution in [3.8, 4) is 0 Å². The fraction of sp³-hybridized carbons (Fsp3) is 0.969. The van der Waals surface area contributed by atoms with Gasteiger partial charge in [-0.3, -0.25) is 9.59 Å². The number of rotatable bonds is 62. The molecule has 0 aliphatic carbocycles. The first kappa shape index (κ1) is 69.9. The smallest absolute Gasteiger partial charge is 0.305 e. The highest BCUT2D eigenvalue weighted by Crippen LogP contribution is 2.19. The van der Waals surface area contributed by atoms with E-state index in [1.54, 1.807) is 0 Å². The Bertz CT molecular complexity index is 1020. The van der Waals surface area contributed by atoms with E-state index >= 15 is 0 Å². The molecular weight excluding hydrogens is 875 g/mol. The van der Waals surface area contributed by atoms with Gasteiger partial charge in [0.2, 0.25) is 5.91 Å². The van der Waals surface area contributed by atoms with Crippen molar-refractivity contribution in [1.82, 2.24) is 5.32 Å². The Balaban J connectivity index is 3.38. The van der Waals surface area contributed by atoms with E-state index in [-0.39, 0.29) is 18.5 Å². The van der Waals surface area contributed by atoms with Gasteiger partial charge >= 0.3 is 5.97 Å². The lowest BCUT2D eigenvalue weighted by molar-refractivity contribution is -0.143. The SMILES string of the molecule is CCCCCCCCCCCCCCCCCCCCCCC(O)C(CO)NC(=O)CCCCCCCCCCCCCCCCCCCCOC(=O)CCCCCCCCCCCCCCCCCC. The molecule has 0 rings (SSSR count). The highest BCUT2D eigenvalue weighted by molar-refractivity contribution is 5.76. The molecule has 0 heterocycles. The lowest BCUT2D eigenvalue weighted by Gasteiger charge is -2.22. The molecule has 0 radical (unpaired) electrons. The van der Waals surface area contributed by atoms with Crippen molar-refractivity contribution in [3.05, 3.63) is 0 Å². The number of hydrogen-bond acceptors (Lipinski definition) is 5. The van der Waals surface area contributed by atoms with Crippen LogP contribution in [0, 0.1) is 0 Å². The third-order valence-corrected chi connectivity index (χ3v) is 15.7. The van der Waals surface area contributed by atoms with Gasteiger partial charge in [0.05, 0.1) is 25.4 Å². The summed E-state index contributed by atoms with van der Waals surface area (Å²) in [6.07, 6.45) is 72.6. The lowest BCUT2D eigenvalue weighted by Crippen LogP contribution is -2.45. The Labute approximate surface area is 445 Å². The number of carbonyl (C=O) groups is 2. The fourth-order valence-electron chi connectivity index (χ4n) is 10.6. The van der Waals surface area contributed by atoms with Crippen molar-refractivity contribution in [3.63, 3.8) is 0 Å². The van der Waals surface area contributed by atoms with Crippen LogP contribution in [0.15, 0.2) is 0 Å². The minimum Gasteiger partial charge on any atom is -0.466 e. The molecule has 0 aliphatic heterocycles. The molecule has 0 fully saturated rings. The molecule has 0 aromatic heterocycles. The maximum absolute atomic E-state index is 12.5. The molecule has 0 saturated heterocycles. The van der Waals surface area contributed by atoms with Crippen LogP contribution in [0.2, 0.25) is 0 Å². The standard InChI is InChI=1S/C65H129NO5/c1-3-5-7-9-11-13-15-17-19-21-22-23-26-29-33-37-41-45-49-53-57-63(68)62(61-67)66-64(69)58-54-50-46-42-38-34-30-27-24-25-28-32-36-40-44-48-52-56-60-71-65(70)59-55-51-47-43-39-35-31-20-18-16-14-12-10-8-6-4-2/h62-63,67-68H,3-61H2,1-2H3,(H,66,69). The lowest BCUT2D eigenvalue weighted by atomic mass is 10.0. The van der Waals surface area contributed by atoms with Gasteiger partial charge in [0.25, 0.3) is 0 Å². The number of esters is 1. The zero-order valence-corrected chi connectivity index (χ0v) is 48.5. The molecule has 0 spiro atoms. The second kappa shape index (κ2) is 61.4. The molecule has 0 aromatic rings. The first-order valence-corrected chi connectivity index (χ1v) is 32.8. The first-order chi connectivity index (χ1) is 35.0. The zero-order chi connectivity index (χ0) is 51.4. The second-order valence-corrected chi connectivity index (χ2v) is 22.8. The maximum Gasteiger partial charge on any atom is 0.305 e. The van der Waals surface area contributed by atoms with Crippen LogP contribution >= 0.6 is 0 Å². The molecule has 0 aromatic carbocycles. The quantitative estimate of drug-likeness (QED) is 0.0417. The highest BCUT2D eigenvalue weighted by Gasteiger charge is 2.20. The second-order valence-electron chi connectivity index (χ2n) is 22.8. The molecule has 71 heavy (non-hydrogen) atoms. The van der Waals surface area contributed by atoms with E-state index in [2.05, 4.69) is 19.2 Å². The first-order valence-electron chi connectivity index (χ1n) is 32.8. The van der Waals surface area contributed by atoms with Crippen LogP contribution in [0.4, 0.5) is 0 Å². The van der Waals surface area contributed by atoms with Crippen LogP contribution in [-0.2, 0) is 14.3 Å². The number of carbonyl (C=O) groups excluding carboxylic acids is 2. The molecule has 1 amide bonds. The Hall–Kier alpha value is -1.14. The number of ether oxygens (including phenoxy) is 1. The number of aliphatic hydroxyl groups excluding tert-OH is 2. The van der Waals surface area contributed by atoms with Crippen molar-refractivity contribution in [2.24, 2.45) is 0 Å². The summed E-state index contributed by atoms with van der Waals surface area (Å²) in [5.74, 6) is -0.0218. The number of aliphatic hydroxyl groups is 2. The normalized spacial score (nSPS) is 12.5. The number of hydrogen-bond donors (Lipinski definition) is 3. The van der Waals surface area contributed by atoms with Gasteiger partial charge in [-0.05, 0) is 25.7 Å². The molecule has 6 nitrogen and oxygen atoms in total. The molecule has 0 saturated carbocycles. The van der Waals surface area contributed by atoms with E-state index < -0.39 is 12.1 Å². The predicted molar refractivity (Wildman–Crippen MR) is 310 cm³/mol. The van der Waals surface area contributed by atoms with Crippen molar-refractivity contribution >= 4 is 11.9 Å². The Kier molecular flexibility index (Phi) is 60.4. The van der Waals surface area contributed by atoms with E-state index in [0.29, 0.717) is 25.9 Å². The largest absolute Gasteiger partial charge is 0.466 e. The van der Waals surface area contributed by atoms with Crippen LogP contribution in [0.3, 0.4) is 0 Å². The van der Waals surface area contributed by atoms with E-state index in [9.17, 15) is 19.8 Å². The van der Waals surface area contributed by atoms with Crippen molar-refractivity contribution in [2.75, 3.05) is 13.2 Å². The van der Waals surface area contributed by atoms with Gasteiger partial charge in [-0.1, -0.05) is 341 Å². The average Bonchev–Trinajstić information content (AvgIpc) is 3.37. The van der Waals surface area contributed by atoms with Crippen LogP contribution in [-0.4, -0.2) is 47.4 Å². The maximum atomic E-state index is 12.5. The predicted octanol–water partition coefficient (Wildman–Crippen LogP) is 20.6. The van der Waals surface area contributed by atoms with Gasteiger partial charge in [0, 0.05) is 12.8 Å². The highest BCUT2D eigenvalue weighted by atomic mass is 16.5. The molecule has 2 atom stereocenters. The van der Waals surface area contributed by atoms with E-state index in [1.807, 2.05) is 0 Å². The number of nitrogens with one attached hydrogen (secondary N) is 1. The summed E-state index contributed by atoms with van der Waals surface area (Å²) in [4.78, 5) is 24.6. The molecular formula is C65H129NO5. The van der Waals surface area contributed by atoms with Gasteiger partial charge in [-0.2, -0.15) is 0 Å². The number of unbranched alkanes of at least 4 members (excludes halogenated alkanes) is 51. The van der Waals surface area contributed by atoms with E-state index in [1.165, 1.54) is 308 Å². The molecule has 2 unspecified atom stereocenters. The molecule has 0 aliphatic rings. The Morgan fingerprint density at radius 1 is 0.338 bits per heavy atom. The van der Waals surface area contributed by atoms with Crippen LogP contribution in [0.5, 0.6) is 0 Å². The van der Waals surface area contributed by atoms with Crippen LogP contribution < -0.4 is 5.32 Å². The summed E-state index contributed by atoms with van der Waals surface area (Å²) < 4.78 is 5.50. The third kappa shape index (κ3) is 58.0. The van der Waals surface area contributed by atoms with Gasteiger partial charge < -0.3 is 20.3 Å². The zero-order valence-electron chi connectivity index (χ0n) is 48.5. The Morgan fingerprint density at radius 3 is 0.859 bits per heavy atom. The van der Waals surface area contributed by atoms with Crippen LogP contribution in [0.25, 0.3) is 0 Å². The van der Waals surface area contributed by atoms with Gasteiger partial charge in [-0.15, -0.1) is 0 Å². The molecule has 3 N–H and O–H groups in total. The number of amides is 1. The summed E-state index contributed by atoms with van der Waals surface area (Å²) in [6, 6.07) is -0.544. The minimum absolute atomic E-state index is 0.0123. The third-order valence-electron chi connectivity index (χ3n) is 15.7. The van der Waals surface area contributed by atoms with Crippen LogP contribution in [0.1, 0.15) is 380 Å². The van der Waals surface area contributed by atoms with Crippen molar-refractivity contribution in [2.45, 2.75) is 392 Å². The minimum atomic E-state index is -0.667. The fourth-order valence-corrected chi connectivity index (χ4v) is 10.6. The van der Waals surface area contributed by atoms with Gasteiger partial charge in [0.15, 0.2) is 0 Å². The summed E-state index contributed by atoms with van der Waals surface area (Å²) in [7, 11) is 0. The summed E-state index contributed by atoms with van der Waals surface area (Å²) >= 11 is 0. The van der Waals surface area contributed by atoms with Gasteiger partial charge in [0.1, 0.15) is 0 Å². The average molecular weight is 1000 g/mol. The summed E-state index contributed by atoms with van der Waals surface area (Å²) in [5, 5.41) is 23.4. The summed E-state index contributed by atoms with van der Waals surface area (Å²) in [5.41, 5.74) is 0. The molecule has 424 valence electrons. The Morgan fingerprint density at radius 2 is 0.577 bits per heavy atom. The monoisotopic (exact) mass is 1000 g/mol. The van der Waals surface area contributed by atoms with Gasteiger partial charge in [-0.25, -0.2) is 0 Å². The molecule has 6 heteroatoms. The van der Waals surface area contributed by atoms with Crippen molar-refractivity contribution in [1.29, 1.82) is 0 Å². The van der Waals surface area contributed by atoms with Crippen molar-refractivity contribution < 1.29 is 24.5 Å².